The average Bonchev–Trinajstić information content (AvgIpc) is 3.38. The van der Waals surface area contributed by atoms with Gasteiger partial charge in [-0.2, -0.15) is 0 Å². The van der Waals surface area contributed by atoms with Gasteiger partial charge in [0.25, 0.3) is 0 Å². The van der Waals surface area contributed by atoms with Crippen molar-refractivity contribution in [2.45, 2.75) is 57.2 Å². The first-order valence-corrected chi connectivity index (χ1v) is 10.3. The largest absolute Gasteiger partial charge is 0.381 e. The van der Waals surface area contributed by atoms with Gasteiger partial charge in [-0.15, -0.1) is 0 Å². The molecule has 1 unspecified atom stereocenters. The van der Waals surface area contributed by atoms with Crippen LogP contribution < -0.4 is 0 Å². The smallest absolute Gasteiger partial charge is 0.249 e. The normalized spacial score (nSPS) is 24.3. The van der Waals surface area contributed by atoms with Crippen LogP contribution in [0.5, 0.6) is 0 Å². The van der Waals surface area contributed by atoms with Gasteiger partial charge in [-0.25, -0.2) is 4.98 Å². The Kier molecular flexibility index (Phi) is 6.42. The number of rotatable bonds is 7. The number of aromatic nitrogens is 2. The lowest BCUT2D eigenvalue weighted by Gasteiger charge is -2.35. The van der Waals surface area contributed by atoms with E-state index >= 15 is 0 Å². The highest BCUT2D eigenvalue weighted by atomic mass is 16.5. The van der Waals surface area contributed by atoms with Crippen LogP contribution >= 0.6 is 0 Å². The minimum atomic E-state index is 0.0729. The highest BCUT2D eigenvalue weighted by Crippen LogP contribution is 2.24. The van der Waals surface area contributed by atoms with Crippen LogP contribution in [0.2, 0.25) is 0 Å². The van der Waals surface area contributed by atoms with Crippen molar-refractivity contribution >= 4 is 5.91 Å². The summed E-state index contributed by atoms with van der Waals surface area (Å²) in [5, 5.41) is 0. The summed E-state index contributed by atoms with van der Waals surface area (Å²) >= 11 is 0. The van der Waals surface area contributed by atoms with E-state index in [0.717, 1.165) is 51.2 Å². The number of hydrogen-bond donors (Lipinski definition) is 0. The van der Waals surface area contributed by atoms with E-state index in [9.17, 15) is 4.79 Å². The first-order chi connectivity index (χ1) is 13.3. The molecule has 1 saturated carbocycles. The Balaban J connectivity index is 1.29. The number of carbonyl (C=O) groups is 1. The molecule has 0 spiro atoms. The van der Waals surface area contributed by atoms with Crippen molar-refractivity contribution < 1.29 is 19.0 Å². The van der Waals surface area contributed by atoms with Crippen molar-refractivity contribution in [1.29, 1.82) is 0 Å². The summed E-state index contributed by atoms with van der Waals surface area (Å²) in [6.07, 6.45) is 10.7. The zero-order valence-electron chi connectivity index (χ0n) is 16.1. The highest BCUT2D eigenvalue weighted by Gasteiger charge is 2.29. The molecule has 1 aromatic rings. The fourth-order valence-electron chi connectivity index (χ4n) is 4.33. The Hall–Kier alpha value is -1.44. The minimum Gasteiger partial charge on any atom is -0.381 e. The molecule has 3 aliphatic rings. The van der Waals surface area contributed by atoms with Gasteiger partial charge in [0.05, 0.1) is 37.3 Å². The number of amides is 1. The first-order valence-electron chi connectivity index (χ1n) is 10.3. The molecule has 1 aliphatic carbocycles. The molecule has 1 aromatic heterocycles. The van der Waals surface area contributed by atoms with Crippen LogP contribution in [0.25, 0.3) is 0 Å². The molecule has 0 radical (unpaired) electrons. The van der Waals surface area contributed by atoms with Gasteiger partial charge in [-0.1, -0.05) is 12.8 Å². The van der Waals surface area contributed by atoms with Crippen LogP contribution in [0.3, 0.4) is 0 Å². The first kappa shape index (κ1) is 18.9. The lowest BCUT2D eigenvalue weighted by molar-refractivity contribution is -0.140. The second-order valence-corrected chi connectivity index (χ2v) is 8.03. The third-order valence-corrected chi connectivity index (χ3v) is 6.03. The quantitative estimate of drug-likeness (QED) is 0.729. The van der Waals surface area contributed by atoms with Gasteiger partial charge in [-0.05, 0) is 31.6 Å². The topological polar surface area (TPSA) is 65.8 Å². The maximum absolute atomic E-state index is 12.7. The predicted octanol–water partition coefficient (Wildman–Crippen LogP) is 2.17. The van der Waals surface area contributed by atoms with Crippen LogP contribution in [-0.2, 0) is 25.5 Å². The Morgan fingerprint density at radius 3 is 2.81 bits per heavy atom. The van der Waals surface area contributed by atoms with Crippen LogP contribution in [0, 0.1) is 5.92 Å². The molecule has 1 saturated heterocycles. The van der Waals surface area contributed by atoms with Gasteiger partial charge < -0.3 is 23.7 Å². The Morgan fingerprint density at radius 1 is 1.19 bits per heavy atom. The second-order valence-electron chi connectivity index (χ2n) is 8.03. The molecule has 3 heterocycles. The molecule has 2 aliphatic heterocycles. The SMILES string of the molecule is O=C(COC1CCCC1)N1Cc2cncn2C(COCC2CCOCC2)C1. The Bertz CT molecular complexity index is 608. The van der Waals surface area contributed by atoms with Gasteiger partial charge in [-0.3, -0.25) is 4.79 Å². The molecular weight excluding hydrogens is 346 g/mol. The third kappa shape index (κ3) is 4.89. The standard InChI is InChI=1S/C20H31N3O4/c24-20(14-27-19-3-1-2-4-19)22-10-17-9-21-15-23(17)18(11-22)13-26-12-16-5-7-25-8-6-16/h9,15-16,18-19H,1-8,10-14H2. The molecule has 7 heteroatoms. The summed E-state index contributed by atoms with van der Waals surface area (Å²) in [6.45, 7) is 4.50. The summed E-state index contributed by atoms with van der Waals surface area (Å²) in [5.41, 5.74) is 1.06. The molecule has 1 atom stereocenters. The van der Waals surface area contributed by atoms with E-state index in [1.807, 2.05) is 17.4 Å². The minimum absolute atomic E-state index is 0.0729. The van der Waals surface area contributed by atoms with Gasteiger partial charge in [0.15, 0.2) is 0 Å². The molecule has 150 valence electrons. The summed E-state index contributed by atoms with van der Waals surface area (Å²) < 4.78 is 19.4. The summed E-state index contributed by atoms with van der Waals surface area (Å²) in [4.78, 5) is 18.8. The van der Waals surface area contributed by atoms with Crippen LogP contribution in [0.4, 0.5) is 0 Å². The number of hydrogen-bond acceptors (Lipinski definition) is 5. The maximum atomic E-state index is 12.7. The number of ether oxygens (including phenoxy) is 3. The Labute approximate surface area is 161 Å². The van der Waals surface area contributed by atoms with E-state index in [4.69, 9.17) is 14.2 Å². The van der Waals surface area contributed by atoms with Crippen LogP contribution in [-0.4, -0.2) is 66.0 Å². The monoisotopic (exact) mass is 377 g/mol. The number of imidazole rings is 1. The van der Waals surface area contributed by atoms with Crippen molar-refractivity contribution in [2.24, 2.45) is 5.92 Å². The van der Waals surface area contributed by atoms with E-state index in [1.165, 1.54) is 12.8 Å². The summed E-state index contributed by atoms with van der Waals surface area (Å²) in [5.74, 6) is 0.658. The van der Waals surface area contributed by atoms with E-state index in [2.05, 4.69) is 9.55 Å². The van der Waals surface area contributed by atoms with Crippen LogP contribution in [0.1, 0.15) is 50.3 Å². The lowest BCUT2D eigenvalue weighted by atomic mass is 10.0. The molecule has 7 nitrogen and oxygen atoms in total. The molecule has 0 bridgehead atoms. The fourth-order valence-corrected chi connectivity index (χ4v) is 4.33. The molecule has 0 aromatic carbocycles. The van der Waals surface area contributed by atoms with Crippen molar-refractivity contribution in [2.75, 3.05) is 39.6 Å². The molecule has 1 amide bonds. The molecule has 4 rings (SSSR count). The summed E-state index contributed by atoms with van der Waals surface area (Å²) in [6, 6.07) is 0.117. The van der Waals surface area contributed by atoms with Gasteiger partial charge in [0.1, 0.15) is 6.61 Å². The molecule has 0 N–H and O–H groups in total. The van der Waals surface area contributed by atoms with Crippen LogP contribution in [0.15, 0.2) is 12.5 Å². The maximum Gasteiger partial charge on any atom is 0.249 e. The van der Waals surface area contributed by atoms with Crippen molar-refractivity contribution in [1.82, 2.24) is 14.5 Å². The van der Waals surface area contributed by atoms with Gasteiger partial charge in [0.2, 0.25) is 5.91 Å². The van der Waals surface area contributed by atoms with Crippen molar-refractivity contribution in [3.05, 3.63) is 18.2 Å². The van der Waals surface area contributed by atoms with E-state index < -0.39 is 0 Å². The highest BCUT2D eigenvalue weighted by molar-refractivity contribution is 5.77. The van der Waals surface area contributed by atoms with E-state index in [0.29, 0.717) is 25.6 Å². The van der Waals surface area contributed by atoms with Crippen molar-refractivity contribution in [3.63, 3.8) is 0 Å². The number of fused-ring (bicyclic) bond motifs is 1. The molecule has 2 fully saturated rings. The molecular formula is C20H31N3O4. The van der Waals surface area contributed by atoms with Gasteiger partial charge in [0, 0.05) is 32.6 Å². The van der Waals surface area contributed by atoms with E-state index in [-0.39, 0.29) is 24.7 Å². The summed E-state index contributed by atoms with van der Waals surface area (Å²) in [7, 11) is 0. The van der Waals surface area contributed by atoms with Crippen molar-refractivity contribution in [3.8, 4) is 0 Å². The average molecular weight is 377 g/mol. The Morgan fingerprint density at radius 2 is 2.00 bits per heavy atom. The number of carbonyl (C=O) groups excluding carboxylic acids is 1. The van der Waals surface area contributed by atoms with Gasteiger partial charge >= 0.3 is 0 Å². The zero-order chi connectivity index (χ0) is 18.5. The lowest BCUT2D eigenvalue weighted by Crippen LogP contribution is -2.44. The third-order valence-electron chi connectivity index (χ3n) is 6.03. The zero-order valence-corrected chi connectivity index (χ0v) is 16.1. The fraction of sp³-hybridized carbons (Fsp3) is 0.800. The van der Waals surface area contributed by atoms with E-state index in [1.54, 1.807) is 0 Å². The molecule has 27 heavy (non-hydrogen) atoms. The second kappa shape index (κ2) is 9.17. The number of nitrogens with zero attached hydrogens (tertiary/aromatic N) is 3. The predicted molar refractivity (Wildman–Crippen MR) is 99.3 cm³/mol.